The van der Waals surface area contributed by atoms with Crippen LogP contribution in [0.1, 0.15) is 22.3 Å². The van der Waals surface area contributed by atoms with E-state index in [9.17, 15) is 9.18 Å². The van der Waals surface area contributed by atoms with Crippen LogP contribution < -0.4 is 0 Å². The second-order valence-corrected chi connectivity index (χ2v) is 3.94. The zero-order valence-electron chi connectivity index (χ0n) is 8.14. The number of carboxylic acids is 1. The minimum Gasteiger partial charge on any atom is -0.478 e. The lowest BCUT2D eigenvalue weighted by Crippen LogP contribution is -2.08. The first-order chi connectivity index (χ1) is 7.58. The Balaban J connectivity index is 2.46. The van der Waals surface area contributed by atoms with Crippen LogP contribution in [-0.4, -0.2) is 16.8 Å². The number of carboxylic acid groups (broad SMARTS) is 1. The van der Waals surface area contributed by atoms with E-state index in [0.29, 0.717) is 17.7 Å². The molecule has 0 aliphatic carbocycles. The van der Waals surface area contributed by atoms with Gasteiger partial charge < -0.3 is 5.11 Å². The maximum atomic E-state index is 12.9. The Hall–Kier alpha value is -1.62. The summed E-state index contributed by atoms with van der Waals surface area (Å²) >= 11 is 4.13. The number of aromatic carboxylic acids is 1. The van der Waals surface area contributed by atoms with Gasteiger partial charge in [-0.3, -0.25) is 4.99 Å². The SMILES string of the molecule is O=C(O)c1cc(F)ccc1C1=NC=C(S)C1. The number of allylic oxidation sites excluding steroid dienone is 1. The van der Waals surface area contributed by atoms with E-state index in [4.69, 9.17) is 5.11 Å². The molecule has 1 N–H and O–H groups in total. The molecule has 0 saturated heterocycles. The van der Waals surface area contributed by atoms with Gasteiger partial charge in [0, 0.05) is 23.1 Å². The van der Waals surface area contributed by atoms with Crippen molar-refractivity contribution in [1.29, 1.82) is 0 Å². The molecule has 0 atom stereocenters. The Morgan fingerprint density at radius 3 is 2.81 bits per heavy atom. The predicted octanol–water partition coefficient (Wildman–Crippen LogP) is 2.49. The van der Waals surface area contributed by atoms with E-state index in [1.165, 1.54) is 12.1 Å². The normalized spacial score (nSPS) is 14.6. The lowest BCUT2D eigenvalue weighted by Gasteiger charge is -2.05. The van der Waals surface area contributed by atoms with E-state index in [1.807, 2.05) is 0 Å². The molecule has 5 heteroatoms. The van der Waals surface area contributed by atoms with Gasteiger partial charge in [-0.15, -0.1) is 12.6 Å². The minimum atomic E-state index is -1.16. The van der Waals surface area contributed by atoms with Gasteiger partial charge >= 0.3 is 5.97 Å². The van der Waals surface area contributed by atoms with E-state index in [2.05, 4.69) is 17.6 Å². The van der Waals surface area contributed by atoms with Crippen LogP contribution >= 0.6 is 12.6 Å². The Bertz CT molecular complexity index is 523. The summed E-state index contributed by atoms with van der Waals surface area (Å²) in [4.78, 5) is 15.8. The molecule has 0 fully saturated rings. The van der Waals surface area contributed by atoms with E-state index in [1.54, 1.807) is 6.20 Å². The molecule has 0 radical (unpaired) electrons. The van der Waals surface area contributed by atoms with Crippen molar-refractivity contribution in [3.63, 3.8) is 0 Å². The Kier molecular flexibility index (Phi) is 2.78. The van der Waals surface area contributed by atoms with Crippen LogP contribution in [0.25, 0.3) is 0 Å². The number of thiol groups is 1. The quantitative estimate of drug-likeness (QED) is 0.776. The molecule has 0 bridgehead atoms. The average molecular weight is 237 g/mol. The third-order valence-corrected chi connectivity index (χ3v) is 2.51. The van der Waals surface area contributed by atoms with Crippen molar-refractivity contribution in [1.82, 2.24) is 0 Å². The molecule has 0 saturated carbocycles. The number of hydrogen-bond donors (Lipinski definition) is 2. The zero-order chi connectivity index (χ0) is 11.7. The molecule has 0 aromatic heterocycles. The molecule has 0 unspecified atom stereocenters. The van der Waals surface area contributed by atoms with Crippen molar-refractivity contribution >= 4 is 24.3 Å². The third kappa shape index (κ3) is 1.99. The molecular formula is C11H8FNO2S. The predicted molar refractivity (Wildman–Crippen MR) is 61.6 cm³/mol. The van der Waals surface area contributed by atoms with Gasteiger partial charge in [0.05, 0.1) is 11.3 Å². The third-order valence-electron chi connectivity index (χ3n) is 2.24. The van der Waals surface area contributed by atoms with Gasteiger partial charge in [0.25, 0.3) is 0 Å². The van der Waals surface area contributed by atoms with Crippen LogP contribution in [0.4, 0.5) is 4.39 Å². The van der Waals surface area contributed by atoms with Gasteiger partial charge in [-0.05, 0) is 18.2 Å². The zero-order valence-corrected chi connectivity index (χ0v) is 9.04. The van der Waals surface area contributed by atoms with Gasteiger partial charge in [0.2, 0.25) is 0 Å². The fourth-order valence-electron chi connectivity index (χ4n) is 1.53. The standard InChI is InChI=1S/C11H8FNO2S/c12-6-1-2-8(9(3-6)11(14)15)10-4-7(16)5-13-10/h1-3,5,16H,4H2,(H,14,15). The highest BCUT2D eigenvalue weighted by atomic mass is 32.1. The van der Waals surface area contributed by atoms with Crippen LogP contribution in [-0.2, 0) is 0 Å². The van der Waals surface area contributed by atoms with Crippen LogP contribution in [0.5, 0.6) is 0 Å². The summed E-state index contributed by atoms with van der Waals surface area (Å²) in [5.74, 6) is -1.73. The highest BCUT2D eigenvalue weighted by Gasteiger charge is 2.18. The molecule has 16 heavy (non-hydrogen) atoms. The van der Waals surface area contributed by atoms with Crippen LogP contribution in [0.3, 0.4) is 0 Å². The van der Waals surface area contributed by atoms with Crippen molar-refractivity contribution in [2.24, 2.45) is 4.99 Å². The number of benzene rings is 1. The molecule has 0 amide bonds. The maximum Gasteiger partial charge on any atom is 0.336 e. The monoisotopic (exact) mass is 237 g/mol. The fraction of sp³-hybridized carbons (Fsp3) is 0.0909. The highest BCUT2D eigenvalue weighted by molar-refractivity contribution is 7.84. The molecule has 1 heterocycles. The number of nitrogens with zero attached hydrogens (tertiary/aromatic N) is 1. The van der Waals surface area contributed by atoms with Crippen molar-refractivity contribution in [3.05, 3.63) is 46.2 Å². The largest absolute Gasteiger partial charge is 0.478 e. The average Bonchev–Trinajstić information content (AvgIpc) is 2.64. The van der Waals surface area contributed by atoms with Gasteiger partial charge in [-0.2, -0.15) is 0 Å². The highest BCUT2D eigenvalue weighted by Crippen LogP contribution is 2.22. The van der Waals surface area contributed by atoms with Crippen LogP contribution in [0.15, 0.2) is 34.3 Å². The van der Waals surface area contributed by atoms with E-state index in [-0.39, 0.29) is 5.56 Å². The Labute approximate surface area is 96.7 Å². The lowest BCUT2D eigenvalue weighted by molar-refractivity contribution is 0.0696. The number of rotatable bonds is 2. The molecule has 0 spiro atoms. The second-order valence-electron chi connectivity index (χ2n) is 3.37. The molecule has 1 aliphatic heterocycles. The van der Waals surface area contributed by atoms with E-state index in [0.717, 1.165) is 11.0 Å². The van der Waals surface area contributed by atoms with E-state index < -0.39 is 11.8 Å². The number of halogens is 1. The maximum absolute atomic E-state index is 12.9. The summed E-state index contributed by atoms with van der Waals surface area (Å²) in [7, 11) is 0. The summed E-state index contributed by atoms with van der Waals surface area (Å²) in [5, 5.41) is 8.96. The number of hydrogen-bond acceptors (Lipinski definition) is 3. The van der Waals surface area contributed by atoms with Gasteiger partial charge in [0.15, 0.2) is 0 Å². The summed E-state index contributed by atoms with van der Waals surface area (Å²) in [6.07, 6.45) is 2.04. The van der Waals surface area contributed by atoms with E-state index >= 15 is 0 Å². The molecule has 2 rings (SSSR count). The number of aliphatic imine (C=N–C) groups is 1. The Morgan fingerprint density at radius 2 is 2.25 bits per heavy atom. The summed E-state index contributed by atoms with van der Waals surface area (Å²) in [6, 6.07) is 3.65. The first kappa shape index (κ1) is 10.9. The fourth-order valence-corrected chi connectivity index (χ4v) is 1.73. The van der Waals surface area contributed by atoms with Crippen molar-refractivity contribution < 1.29 is 14.3 Å². The summed E-state index contributed by atoms with van der Waals surface area (Å²) < 4.78 is 12.9. The van der Waals surface area contributed by atoms with Crippen LogP contribution in [0.2, 0.25) is 0 Å². The molecule has 3 nitrogen and oxygen atoms in total. The minimum absolute atomic E-state index is 0.0739. The number of carbonyl (C=O) groups is 1. The smallest absolute Gasteiger partial charge is 0.336 e. The molecule has 1 aliphatic rings. The van der Waals surface area contributed by atoms with Crippen molar-refractivity contribution in [3.8, 4) is 0 Å². The molecular weight excluding hydrogens is 229 g/mol. The van der Waals surface area contributed by atoms with Crippen molar-refractivity contribution in [2.75, 3.05) is 0 Å². The van der Waals surface area contributed by atoms with Crippen molar-refractivity contribution in [2.45, 2.75) is 6.42 Å². The Morgan fingerprint density at radius 1 is 1.50 bits per heavy atom. The van der Waals surface area contributed by atoms with Crippen LogP contribution in [0, 0.1) is 5.82 Å². The summed E-state index contributed by atoms with van der Waals surface area (Å²) in [5.41, 5.74) is 0.965. The second kappa shape index (κ2) is 4.09. The van der Waals surface area contributed by atoms with Gasteiger partial charge in [0.1, 0.15) is 5.82 Å². The first-order valence-corrected chi connectivity index (χ1v) is 5.00. The molecule has 1 aromatic rings. The molecule has 1 aromatic carbocycles. The van der Waals surface area contributed by atoms with Gasteiger partial charge in [-0.1, -0.05) is 0 Å². The first-order valence-electron chi connectivity index (χ1n) is 4.56. The topological polar surface area (TPSA) is 49.7 Å². The lowest BCUT2D eigenvalue weighted by atomic mass is 10.0. The molecule has 82 valence electrons. The summed E-state index contributed by atoms with van der Waals surface area (Å²) in [6.45, 7) is 0. The van der Waals surface area contributed by atoms with Gasteiger partial charge in [-0.25, -0.2) is 9.18 Å².